The highest BCUT2D eigenvalue weighted by Gasteiger charge is 2.29. The van der Waals surface area contributed by atoms with Crippen molar-refractivity contribution in [2.24, 2.45) is 7.05 Å². The van der Waals surface area contributed by atoms with Gasteiger partial charge in [-0.2, -0.15) is 0 Å². The molecule has 1 aromatic carbocycles. The van der Waals surface area contributed by atoms with Crippen LogP contribution in [-0.4, -0.2) is 78.3 Å². The zero-order chi connectivity index (χ0) is 21.1. The van der Waals surface area contributed by atoms with Gasteiger partial charge in [-0.15, -0.1) is 0 Å². The van der Waals surface area contributed by atoms with Crippen LogP contribution in [-0.2, 0) is 11.8 Å². The summed E-state index contributed by atoms with van der Waals surface area (Å²) in [5.41, 5.74) is 2.95. The molecule has 1 N–H and O–H groups in total. The van der Waals surface area contributed by atoms with Crippen LogP contribution in [0.1, 0.15) is 34.9 Å². The first-order valence-corrected chi connectivity index (χ1v) is 10.8. The summed E-state index contributed by atoms with van der Waals surface area (Å²) in [5.74, 6) is 0.433. The Bertz CT molecular complexity index is 856. The Labute approximate surface area is 178 Å². The molecule has 7 nitrogen and oxygen atoms in total. The van der Waals surface area contributed by atoms with Crippen molar-refractivity contribution < 1.29 is 14.6 Å². The second-order valence-corrected chi connectivity index (χ2v) is 8.30. The van der Waals surface area contributed by atoms with E-state index in [1.54, 1.807) is 19.2 Å². The lowest BCUT2D eigenvalue weighted by Gasteiger charge is -2.36. The summed E-state index contributed by atoms with van der Waals surface area (Å²) >= 11 is 0. The number of nitrogens with zero attached hydrogens (tertiary/aromatic N) is 4. The first-order valence-electron chi connectivity index (χ1n) is 10.8. The number of aromatic hydroxyl groups is 1. The number of fused-ring (bicyclic) bond motifs is 1. The number of piperazine rings is 1. The molecule has 2 aliphatic rings. The molecule has 0 radical (unpaired) electrons. The number of amides is 1. The van der Waals surface area contributed by atoms with Crippen molar-refractivity contribution in [1.82, 2.24) is 14.4 Å². The van der Waals surface area contributed by atoms with Gasteiger partial charge >= 0.3 is 0 Å². The Morgan fingerprint density at radius 2 is 1.77 bits per heavy atom. The molecule has 0 bridgehead atoms. The van der Waals surface area contributed by atoms with Crippen LogP contribution in [0.3, 0.4) is 0 Å². The summed E-state index contributed by atoms with van der Waals surface area (Å²) in [7, 11) is 3.68. The average molecular weight is 413 g/mol. The van der Waals surface area contributed by atoms with Crippen molar-refractivity contribution in [3.05, 3.63) is 47.8 Å². The van der Waals surface area contributed by atoms with Crippen molar-refractivity contribution in [2.45, 2.75) is 18.9 Å². The normalized spacial score (nSPS) is 20.3. The number of carbonyl (C=O) groups is 1. The second-order valence-electron chi connectivity index (χ2n) is 8.30. The maximum atomic E-state index is 13.0. The van der Waals surface area contributed by atoms with Gasteiger partial charge in [0.05, 0.1) is 11.7 Å². The molecule has 1 unspecified atom stereocenters. The number of aryl methyl sites for hydroxylation is 1. The van der Waals surface area contributed by atoms with Crippen LogP contribution in [0.2, 0.25) is 0 Å². The van der Waals surface area contributed by atoms with E-state index in [-0.39, 0.29) is 12.0 Å². The third kappa shape index (κ3) is 4.47. The van der Waals surface area contributed by atoms with Crippen LogP contribution < -0.4 is 4.90 Å². The monoisotopic (exact) mass is 412 g/mol. The lowest BCUT2D eigenvalue weighted by molar-refractivity contribution is 0.0697. The molecular formula is C23H32N4O3. The van der Waals surface area contributed by atoms with Gasteiger partial charge in [-0.1, -0.05) is 0 Å². The van der Waals surface area contributed by atoms with Crippen molar-refractivity contribution in [3.63, 3.8) is 0 Å². The summed E-state index contributed by atoms with van der Waals surface area (Å²) in [6, 6.07) is 7.43. The molecular weight excluding hydrogens is 380 g/mol. The zero-order valence-corrected chi connectivity index (χ0v) is 18.0. The summed E-state index contributed by atoms with van der Waals surface area (Å²) in [6.45, 7) is 6.52. The highest BCUT2D eigenvalue weighted by Crippen LogP contribution is 2.29. The maximum Gasteiger partial charge on any atom is 0.255 e. The van der Waals surface area contributed by atoms with E-state index in [4.69, 9.17) is 4.74 Å². The Morgan fingerprint density at radius 1 is 1.03 bits per heavy atom. The molecule has 0 aliphatic carbocycles. The van der Waals surface area contributed by atoms with E-state index >= 15 is 0 Å². The Morgan fingerprint density at radius 3 is 2.47 bits per heavy atom. The van der Waals surface area contributed by atoms with Gasteiger partial charge in [-0.25, -0.2) is 0 Å². The molecule has 2 aromatic rings. The quantitative estimate of drug-likeness (QED) is 0.790. The third-order valence-corrected chi connectivity index (χ3v) is 6.29. The minimum Gasteiger partial charge on any atom is -0.508 e. The van der Waals surface area contributed by atoms with Crippen molar-refractivity contribution in [1.29, 1.82) is 0 Å². The van der Waals surface area contributed by atoms with Gasteiger partial charge in [0.15, 0.2) is 0 Å². The molecule has 4 rings (SSSR count). The molecule has 162 valence electrons. The summed E-state index contributed by atoms with van der Waals surface area (Å²) in [6.07, 6.45) is 5.74. The molecule has 1 saturated heterocycles. The molecule has 7 heteroatoms. The minimum atomic E-state index is -0.0110. The number of carbonyl (C=O) groups excluding carboxylic acids is 1. The highest BCUT2D eigenvalue weighted by molar-refractivity contribution is 5.96. The van der Waals surface area contributed by atoms with Gasteiger partial charge in [-0.05, 0) is 43.7 Å². The number of hydrogen-bond donors (Lipinski definition) is 1. The number of rotatable bonds is 6. The molecule has 0 spiro atoms. The molecule has 2 aliphatic heterocycles. The van der Waals surface area contributed by atoms with Crippen molar-refractivity contribution >= 4 is 11.6 Å². The molecule has 1 fully saturated rings. The highest BCUT2D eigenvalue weighted by atomic mass is 16.5. The summed E-state index contributed by atoms with van der Waals surface area (Å²) in [4.78, 5) is 19.9. The number of benzene rings is 1. The largest absolute Gasteiger partial charge is 0.508 e. The standard InChI is InChI=1S/C23H32N4O3/c1-24-16-20-21(17-24)23(29)27(11-8-22(20)30-2)10-3-9-25-12-14-26(15-13-25)18-4-6-19(28)7-5-18/h4-7,16-17,22,28H,3,8-15H2,1-2H3. The van der Waals surface area contributed by atoms with Gasteiger partial charge in [0.1, 0.15) is 5.75 Å². The zero-order valence-electron chi connectivity index (χ0n) is 18.0. The van der Waals surface area contributed by atoms with Crippen LogP contribution in [0.25, 0.3) is 0 Å². The molecule has 0 saturated carbocycles. The first kappa shape index (κ1) is 20.8. The van der Waals surface area contributed by atoms with Crippen LogP contribution >= 0.6 is 0 Å². The van der Waals surface area contributed by atoms with Gasteiger partial charge < -0.3 is 24.2 Å². The van der Waals surface area contributed by atoms with Crippen molar-refractivity contribution in [2.75, 3.05) is 57.8 Å². The van der Waals surface area contributed by atoms with E-state index in [0.717, 1.165) is 75.5 Å². The smallest absolute Gasteiger partial charge is 0.255 e. The van der Waals surface area contributed by atoms with E-state index in [1.165, 1.54) is 0 Å². The molecule has 30 heavy (non-hydrogen) atoms. The fourth-order valence-electron chi connectivity index (χ4n) is 4.58. The number of phenols is 1. The van der Waals surface area contributed by atoms with Crippen LogP contribution in [0.4, 0.5) is 5.69 Å². The number of anilines is 1. The Balaban J connectivity index is 1.27. The predicted octanol–water partition coefficient (Wildman–Crippen LogP) is 2.48. The Hall–Kier alpha value is -2.51. The van der Waals surface area contributed by atoms with E-state index in [1.807, 2.05) is 41.0 Å². The Kier molecular flexibility index (Phi) is 6.29. The van der Waals surface area contributed by atoms with E-state index in [0.29, 0.717) is 5.75 Å². The third-order valence-electron chi connectivity index (χ3n) is 6.29. The molecule has 1 aromatic heterocycles. The van der Waals surface area contributed by atoms with Crippen molar-refractivity contribution in [3.8, 4) is 5.75 Å². The van der Waals surface area contributed by atoms with Crippen LogP contribution in [0.15, 0.2) is 36.7 Å². The molecule has 1 atom stereocenters. The number of hydrogen-bond acceptors (Lipinski definition) is 5. The first-order chi connectivity index (χ1) is 14.5. The number of aromatic nitrogens is 1. The van der Waals surface area contributed by atoms with Gasteiger partial charge in [0.2, 0.25) is 0 Å². The van der Waals surface area contributed by atoms with Gasteiger partial charge in [0.25, 0.3) is 5.91 Å². The second kappa shape index (κ2) is 9.10. The molecule has 1 amide bonds. The maximum absolute atomic E-state index is 13.0. The van der Waals surface area contributed by atoms with Gasteiger partial charge in [0, 0.05) is 77.1 Å². The van der Waals surface area contributed by atoms with Crippen LogP contribution in [0, 0.1) is 0 Å². The fourth-order valence-corrected chi connectivity index (χ4v) is 4.58. The predicted molar refractivity (Wildman–Crippen MR) is 117 cm³/mol. The number of ether oxygens (including phenoxy) is 1. The topological polar surface area (TPSA) is 61.2 Å². The van der Waals surface area contributed by atoms with Gasteiger partial charge in [-0.3, -0.25) is 9.69 Å². The lowest BCUT2D eigenvalue weighted by Crippen LogP contribution is -2.47. The van der Waals surface area contributed by atoms with E-state index in [2.05, 4.69) is 9.80 Å². The summed E-state index contributed by atoms with van der Waals surface area (Å²) < 4.78 is 7.59. The average Bonchev–Trinajstić information content (AvgIpc) is 3.10. The lowest BCUT2D eigenvalue weighted by atomic mass is 10.1. The molecule has 3 heterocycles. The summed E-state index contributed by atoms with van der Waals surface area (Å²) in [5, 5.41) is 9.46. The van der Waals surface area contributed by atoms with E-state index in [9.17, 15) is 9.90 Å². The van der Waals surface area contributed by atoms with E-state index < -0.39 is 0 Å². The SMILES string of the molecule is COC1CCN(CCCN2CCN(c3ccc(O)cc3)CC2)C(=O)c2cn(C)cc21. The minimum absolute atomic E-state index is 0.0110. The van der Waals surface area contributed by atoms with Crippen LogP contribution in [0.5, 0.6) is 5.75 Å². The number of phenolic OH excluding ortho intramolecular Hbond substituents is 1. The number of methoxy groups -OCH3 is 1. The fraction of sp³-hybridized carbons (Fsp3) is 0.522.